The van der Waals surface area contributed by atoms with Gasteiger partial charge in [-0.15, -0.1) is 10.2 Å². The molecule has 108 valence electrons. The lowest BCUT2D eigenvalue weighted by Crippen LogP contribution is -2.48. The first-order chi connectivity index (χ1) is 9.56. The second-order valence-corrected chi connectivity index (χ2v) is 8.12. The molecule has 0 unspecified atom stereocenters. The predicted octanol–water partition coefficient (Wildman–Crippen LogP) is 2.99. The highest BCUT2D eigenvalue weighted by Crippen LogP contribution is 2.61. The summed E-state index contributed by atoms with van der Waals surface area (Å²) >= 11 is 1.64. The van der Waals surface area contributed by atoms with Gasteiger partial charge in [-0.1, -0.05) is 11.3 Å². The van der Waals surface area contributed by atoms with Gasteiger partial charge in [0, 0.05) is 19.4 Å². The van der Waals surface area contributed by atoms with Gasteiger partial charge in [-0.2, -0.15) is 0 Å². The molecule has 5 rings (SSSR count). The minimum Gasteiger partial charge on any atom is -0.290 e. The number of rotatable bonds is 2. The highest BCUT2D eigenvalue weighted by atomic mass is 32.1. The average molecular weight is 291 g/mol. The monoisotopic (exact) mass is 291 g/mol. The maximum Gasteiger partial charge on any atom is 0.225 e. The lowest BCUT2D eigenvalue weighted by molar-refractivity contribution is -0.116. The van der Waals surface area contributed by atoms with Gasteiger partial charge in [-0.05, 0) is 56.3 Å². The van der Waals surface area contributed by atoms with Crippen LogP contribution in [0.1, 0.15) is 50.5 Å². The normalized spacial score (nSPS) is 38.2. The molecule has 4 nitrogen and oxygen atoms in total. The second kappa shape index (κ2) is 4.26. The van der Waals surface area contributed by atoms with Crippen LogP contribution in [0.2, 0.25) is 0 Å². The number of hydrogen-bond donors (Lipinski definition) is 0. The Labute approximate surface area is 123 Å². The molecule has 0 aromatic carbocycles. The molecular formula is C15H21N3OS. The molecule has 0 spiro atoms. The third kappa shape index (κ3) is 1.82. The van der Waals surface area contributed by atoms with Crippen molar-refractivity contribution in [3.8, 4) is 0 Å². The zero-order valence-corrected chi connectivity index (χ0v) is 12.9. The van der Waals surface area contributed by atoms with E-state index in [0.717, 1.165) is 22.9 Å². The van der Waals surface area contributed by atoms with Crippen molar-refractivity contribution in [1.82, 2.24) is 10.2 Å². The molecule has 5 heteroatoms. The Morgan fingerprint density at radius 1 is 1.15 bits per heavy atom. The predicted molar refractivity (Wildman–Crippen MR) is 78.8 cm³/mol. The highest BCUT2D eigenvalue weighted by molar-refractivity contribution is 7.15. The van der Waals surface area contributed by atoms with E-state index in [2.05, 4.69) is 10.2 Å². The molecule has 4 saturated carbocycles. The number of anilines is 1. The molecule has 4 aliphatic rings. The van der Waals surface area contributed by atoms with Crippen molar-refractivity contribution in [3.05, 3.63) is 5.01 Å². The Balaban J connectivity index is 1.66. The molecule has 1 aromatic rings. The zero-order chi connectivity index (χ0) is 13.9. The van der Waals surface area contributed by atoms with Gasteiger partial charge in [-0.3, -0.25) is 9.69 Å². The summed E-state index contributed by atoms with van der Waals surface area (Å²) in [5.41, 5.74) is 0.294. The Morgan fingerprint density at radius 2 is 1.70 bits per heavy atom. The Hall–Kier alpha value is -0.970. The molecule has 0 aliphatic heterocycles. The van der Waals surface area contributed by atoms with Gasteiger partial charge in [-0.25, -0.2) is 0 Å². The van der Waals surface area contributed by atoms with E-state index in [-0.39, 0.29) is 5.91 Å². The summed E-state index contributed by atoms with van der Waals surface area (Å²) in [7, 11) is 1.78. The van der Waals surface area contributed by atoms with E-state index in [1.165, 1.54) is 43.5 Å². The van der Waals surface area contributed by atoms with Crippen LogP contribution in [-0.2, 0) is 10.2 Å². The Morgan fingerprint density at radius 3 is 2.20 bits per heavy atom. The Kier molecular flexibility index (Phi) is 2.72. The summed E-state index contributed by atoms with van der Waals surface area (Å²) in [5.74, 6) is 2.77. The lowest BCUT2D eigenvalue weighted by atomic mass is 9.50. The zero-order valence-electron chi connectivity index (χ0n) is 12.1. The van der Waals surface area contributed by atoms with E-state index in [4.69, 9.17) is 0 Å². The molecule has 0 atom stereocenters. The molecule has 1 amide bonds. The van der Waals surface area contributed by atoms with Crippen LogP contribution < -0.4 is 4.90 Å². The number of aromatic nitrogens is 2. The maximum atomic E-state index is 11.5. The van der Waals surface area contributed by atoms with Crippen molar-refractivity contribution in [2.24, 2.45) is 17.8 Å². The van der Waals surface area contributed by atoms with E-state index in [0.29, 0.717) is 5.41 Å². The van der Waals surface area contributed by atoms with Gasteiger partial charge in [0.2, 0.25) is 11.0 Å². The van der Waals surface area contributed by atoms with Gasteiger partial charge in [0.25, 0.3) is 0 Å². The number of amides is 1. The fourth-order valence-corrected chi connectivity index (χ4v) is 6.14. The van der Waals surface area contributed by atoms with E-state index in [9.17, 15) is 4.79 Å². The second-order valence-electron chi connectivity index (χ2n) is 7.17. The van der Waals surface area contributed by atoms with Gasteiger partial charge in [0.15, 0.2) is 0 Å². The van der Waals surface area contributed by atoms with Crippen LogP contribution in [0.4, 0.5) is 5.13 Å². The van der Waals surface area contributed by atoms with Crippen LogP contribution in [-0.4, -0.2) is 23.2 Å². The summed E-state index contributed by atoms with van der Waals surface area (Å²) in [6.07, 6.45) is 8.24. The fraction of sp³-hybridized carbons (Fsp3) is 0.800. The first-order valence-corrected chi connectivity index (χ1v) is 8.46. The molecule has 4 fully saturated rings. The summed E-state index contributed by atoms with van der Waals surface area (Å²) in [6.45, 7) is 1.58. The van der Waals surface area contributed by atoms with Gasteiger partial charge >= 0.3 is 0 Å². The molecule has 1 heterocycles. The smallest absolute Gasteiger partial charge is 0.225 e. The SMILES string of the molecule is CC(=O)N(C)c1nnc(C23CC4CC(CC(C4)C2)C3)s1. The van der Waals surface area contributed by atoms with E-state index < -0.39 is 0 Å². The first kappa shape index (κ1) is 12.7. The van der Waals surface area contributed by atoms with Crippen molar-refractivity contribution < 1.29 is 4.79 Å². The Bertz CT molecular complexity index is 518. The van der Waals surface area contributed by atoms with Crippen LogP contribution in [0, 0.1) is 17.8 Å². The van der Waals surface area contributed by atoms with Crippen molar-refractivity contribution in [2.75, 3.05) is 11.9 Å². The van der Waals surface area contributed by atoms with Crippen LogP contribution in [0.25, 0.3) is 0 Å². The lowest BCUT2D eigenvalue weighted by Gasteiger charge is -2.55. The van der Waals surface area contributed by atoms with Crippen LogP contribution in [0.3, 0.4) is 0 Å². The maximum absolute atomic E-state index is 11.5. The minimum atomic E-state index is 0.0261. The van der Waals surface area contributed by atoms with E-state index in [1.54, 1.807) is 30.2 Å². The number of nitrogens with zero attached hydrogens (tertiary/aromatic N) is 3. The number of hydrogen-bond acceptors (Lipinski definition) is 4. The summed E-state index contributed by atoms with van der Waals surface area (Å²) in [5, 5.41) is 10.7. The molecule has 0 radical (unpaired) electrons. The topological polar surface area (TPSA) is 46.1 Å². The third-order valence-electron chi connectivity index (χ3n) is 5.67. The molecule has 20 heavy (non-hydrogen) atoms. The average Bonchev–Trinajstić information content (AvgIpc) is 2.86. The largest absolute Gasteiger partial charge is 0.290 e. The number of carbonyl (C=O) groups is 1. The van der Waals surface area contributed by atoms with Crippen molar-refractivity contribution in [1.29, 1.82) is 0 Å². The van der Waals surface area contributed by atoms with E-state index >= 15 is 0 Å². The molecule has 0 N–H and O–H groups in total. The van der Waals surface area contributed by atoms with Crippen LogP contribution in [0.5, 0.6) is 0 Å². The quantitative estimate of drug-likeness (QED) is 0.841. The van der Waals surface area contributed by atoms with Crippen molar-refractivity contribution in [3.63, 3.8) is 0 Å². The van der Waals surface area contributed by atoms with Crippen molar-refractivity contribution >= 4 is 22.4 Å². The van der Waals surface area contributed by atoms with Crippen molar-refractivity contribution in [2.45, 2.75) is 50.9 Å². The molecule has 0 saturated heterocycles. The third-order valence-corrected chi connectivity index (χ3v) is 6.91. The van der Waals surface area contributed by atoms with Gasteiger partial charge in [0.1, 0.15) is 5.01 Å². The van der Waals surface area contributed by atoms with Gasteiger partial charge < -0.3 is 0 Å². The standard InChI is InChI=1S/C15H21N3OS/c1-9(19)18(2)14-17-16-13(20-14)15-6-10-3-11(7-15)5-12(4-10)8-15/h10-12H,3-8H2,1-2H3. The minimum absolute atomic E-state index is 0.0261. The molecular weight excluding hydrogens is 270 g/mol. The highest BCUT2D eigenvalue weighted by Gasteiger charge is 2.53. The summed E-state index contributed by atoms with van der Waals surface area (Å²) < 4.78 is 0. The first-order valence-electron chi connectivity index (χ1n) is 7.64. The molecule has 4 aliphatic carbocycles. The fourth-order valence-electron chi connectivity index (χ4n) is 5.07. The summed E-state index contributed by atoms with van der Waals surface area (Å²) in [6, 6.07) is 0. The molecule has 1 aromatic heterocycles. The van der Waals surface area contributed by atoms with E-state index in [1.807, 2.05) is 0 Å². The molecule has 4 bridgehead atoms. The number of carbonyl (C=O) groups excluding carboxylic acids is 1. The van der Waals surface area contributed by atoms with Gasteiger partial charge in [0.05, 0.1) is 0 Å². The van der Waals surface area contributed by atoms with Crippen LogP contribution in [0.15, 0.2) is 0 Å². The summed E-state index contributed by atoms with van der Waals surface area (Å²) in [4.78, 5) is 13.1. The van der Waals surface area contributed by atoms with Crippen LogP contribution >= 0.6 is 11.3 Å².